The van der Waals surface area contributed by atoms with Crippen molar-refractivity contribution in [1.29, 1.82) is 0 Å². The number of anilines is 1. The largest absolute Gasteiger partial charge is 0.491 e. The number of ether oxygens (including phenoxy) is 2. The monoisotopic (exact) mass is 570 g/mol. The molecule has 2 N–H and O–H groups in total. The Morgan fingerprint density at radius 3 is 2.64 bits per heavy atom. The summed E-state index contributed by atoms with van der Waals surface area (Å²) in [6.45, 7) is 8.95. The average Bonchev–Trinajstić information content (AvgIpc) is 3.26. The number of aryl methyl sites for hydroxylation is 1. The van der Waals surface area contributed by atoms with Gasteiger partial charge < -0.3 is 24.7 Å². The van der Waals surface area contributed by atoms with E-state index < -0.39 is 0 Å². The number of benzene rings is 1. The maximum Gasteiger partial charge on any atom is 0.196 e. The Morgan fingerprint density at radius 1 is 1.18 bits per heavy atom. The smallest absolute Gasteiger partial charge is 0.196 e. The third kappa shape index (κ3) is 9.87. The number of nitrogens with zero attached hydrogens (tertiary/aromatic N) is 4. The normalized spacial score (nSPS) is 14.7. The molecule has 0 spiro atoms. The van der Waals surface area contributed by atoms with Gasteiger partial charge in [0.15, 0.2) is 11.8 Å². The Hall–Kier alpha value is -1.88. The first kappa shape index (κ1) is 27.4. The lowest BCUT2D eigenvalue weighted by Crippen LogP contribution is -2.32. The first-order chi connectivity index (χ1) is 15.6. The van der Waals surface area contributed by atoms with E-state index >= 15 is 0 Å². The molecule has 0 atom stereocenters. The molecule has 0 unspecified atom stereocenters. The van der Waals surface area contributed by atoms with E-state index in [-0.39, 0.29) is 30.1 Å². The number of hydrogen-bond donors (Lipinski definition) is 2. The highest BCUT2D eigenvalue weighted by molar-refractivity contribution is 14.0. The van der Waals surface area contributed by atoms with Gasteiger partial charge in [-0.3, -0.25) is 0 Å². The molecule has 1 saturated carbocycles. The molecule has 1 aliphatic rings. The van der Waals surface area contributed by atoms with Gasteiger partial charge in [-0.2, -0.15) is 0 Å². The van der Waals surface area contributed by atoms with E-state index in [4.69, 9.17) is 14.5 Å². The molecule has 1 aromatic heterocycles. The maximum absolute atomic E-state index is 6.04. The number of halogens is 1. The molecule has 0 saturated heterocycles. The zero-order valence-electron chi connectivity index (χ0n) is 20.1. The molecule has 2 aromatic rings. The molecule has 3 rings (SSSR count). The van der Waals surface area contributed by atoms with Crippen LogP contribution in [0.5, 0.6) is 5.75 Å². The molecule has 184 valence electrons. The average molecular weight is 571 g/mol. The van der Waals surface area contributed by atoms with Gasteiger partial charge in [-0.05, 0) is 64.3 Å². The van der Waals surface area contributed by atoms with Crippen molar-refractivity contribution in [2.75, 3.05) is 18.5 Å². The molecule has 1 aliphatic carbocycles. The molecular weight excluding hydrogens is 531 g/mol. The number of aromatic nitrogens is 3. The minimum atomic E-state index is 0. The quantitative estimate of drug-likeness (QED) is 0.171. The second-order valence-electron chi connectivity index (χ2n) is 8.43. The number of hydrogen-bond acceptors (Lipinski definition) is 5. The number of aliphatic imine (C=N–C) groups is 1. The van der Waals surface area contributed by atoms with Gasteiger partial charge in [0.1, 0.15) is 18.6 Å². The molecule has 9 heteroatoms. The summed E-state index contributed by atoms with van der Waals surface area (Å²) in [4.78, 5) is 4.73. The lowest BCUT2D eigenvalue weighted by atomic mass is 9.98. The standard InChI is InChI=1S/C24H38N6O2.HI/c1-4-30-18-27-29-23(30)17-26-24(25-15-8-16-31-21-9-6-5-7-10-21)28-20-11-13-22(14-12-20)32-19(2)3;/h11-14,18-19,21H,4-10,15-17H2,1-3H3,(H2,25,26,28);1H. The minimum absolute atomic E-state index is 0. The fourth-order valence-electron chi connectivity index (χ4n) is 3.74. The van der Waals surface area contributed by atoms with Crippen molar-refractivity contribution < 1.29 is 9.47 Å². The van der Waals surface area contributed by atoms with E-state index in [0.29, 0.717) is 18.6 Å². The first-order valence-electron chi connectivity index (χ1n) is 11.9. The molecule has 0 amide bonds. The fourth-order valence-corrected chi connectivity index (χ4v) is 3.74. The van der Waals surface area contributed by atoms with Gasteiger partial charge in [0, 0.05) is 25.4 Å². The van der Waals surface area contributed by atoms with Crippen LogP contribution in [0, 0.1) is 0 Å². The van der Waals surface area contributed by atoms with Crippen LogP contribution in [0.25, 0.3) is 0 Å². The van der Waals surface area contributed by atoms with Gasteiger partial charge in [0.05, 0.1) is 12.2 Å². The summed E-state index contributed by atoms with van der Waals surface area (Å²) >= 11 is 0. The summed E-state index contributed by atoms with van der Waals surface area (Å²) in [6, 6.07) is 7.92. The number of guanidine groups is 1. The lowest BCUT2D eigenvalue weighted by Gasteiger charge is -2.22. The van der Waals surface area contributed by atoms with Gasteiger partial charge in [0.25, 0.3) is 0 Å². The fraction of sp³-hybridized carbons (Fsp3) is 0.625. The molecule has 8 nitrogen and oxygen atoms in total. The molecule has 0 radical (unpaired) electrons. The van der Waals surface area contributed by atoms with E-state index in [1.807, 2.05) is 42.7 Å². The predicted molar refractivity (Wildman–Crippen MR) is 144 cm³/mol. The van der Waals surface area contributed by atoms with Crippen LogP contribution in [0.3, 0.4) is 0 Å². The van der Waals surface area contributed by atoms with Crippen molar-refractivity contribution in [2.24, 2.45) is 4.99 Å². The van der Waals surface area contributed by atoms with Crippen molar-refractivity contribution in [1.82, 2.24) is 20.1 Å². The third-order valence-corrected chi connectivity index (χ3v) is 5.42. The summed E-state index contributed by atoms with van der Waals surface area (Å²) in [5.41, 5.74) is 0.947. The van der Waals surface area contributed by atoms with Crippen LogP contribution in [0.15, 0.2) is 35.6 Å². The van der Waals surface area contributed by atoms with E-state index in [9.17, 15) is 0 Å². The van der Waals surface area contributed by atoms with Gasteiger partial charge >= 0.3 is 0 Å². The summed E-state index contributed by atoms with van der Waals surface area (Å²) in [7, 11) is 0. The molecule has 33 heavy (non-hydrogen) atoms. The summed E-state index contributed by atoms with van der Waals surface area (Å²) in [5, 5.41) is 15.0. The lowest BCUT2D eigenvalue weighted by molar-refractivity contribution is 0.0277. The summed E-state index contributed by atoms with van der Waals surface area (Å²) in [6.07, 6.45) is 9.63. The van der Waals surface area contributed by atoms with E-state index in [2.05, 4.69) is 27.8 Å². The molecule has 0 bridgehead atoms. The molecule has 1 heterocycles. The Kier molecular flexibility index (Phi) is 12.5. The van der Waals surface area contributed by atoms with E-state index in [1.165, 1.54) is 32.1 Å². The third-order valence-electron chi connectivity index (χ3n) is 5.42. The highest BCUT2D eigenvalue weighted by Gasteiger charge is 2.13. The van der Waals surface area contributed by atoms with Crippen LogP contribution < -0.4 is 15.4 Å². The van der Waals surface area contributed by atoms with Crippen molar-refractivity contribution in [3.05, 3.63) is 36.4 Å². The highest BCUT2D eigenvalue weighted by atomic mass is 127. The second kappa shape index (κ2) is 15.1. The van der Waals surface area contributed by atoms with Gasteiger partial charge in [-0.15, -0.1) is 34.2 Å². The summed E-state index contributed by atoms with van der Waals surface area (Å²) in [5.74, 6) is 2.41. The minimum Gasteiger partial charge on any atom is -0.491 e. The van der Waals surface area contributed by atoms with Gasteiger partial charge in [0.2, 0.25) is 0 Å². The van der Waals surface area contributed by atoms with E-state index in [1.54, 1.807) is 6.33 Å². The molecule has 1 fully saturated rings. The Labute approximate surface area is 215 Å². The van der Waals surface area contributed by atoms with Crippen molar-refractivity contribution in [2.45, 2.75) is 84.6 Å². The Balaban J connectivity index is 0.00000385. The molecule has 0 aliphatic heterocycles. The summed E-state index contributed by atoms with van der Waals surface area (Å²) < 4.78 is 13.8. The van der Waals surface area contributed by atoms with Crippen LogP contribution in [0.4, 0.5) is 5.69 Å². The zero-order valence-corrected chi connectivity index (χ0v) is 22.5. The SMILES string of the molecule is CCn1cnnc1CN=C(NCCCOC1CCCCC1)Nc1ccc(OC(C)C)cc1.I. The van der Waals surface area contributed by atoms with Crippen LogP contribution in [0.1, 0.15) is 65.1 Å². The second-order valence-corrected chi connectivity index (χ2v) is 8.43. The molecule has 1 aromatic carbocycles. The number of rotatable bonds is 11. The Bertz CT molecular complexity index is 819. The maximum atomic E-state index is 6.04. The van der Waals surface area contributed by atoms with Crippen LogP contribution >= 0.6 is 24.0 Å². The zero-order chi connectivity index (χ0) is 22.6. The highest BCUT2D eigenvalue weighted by Crippen LogP contribution is 2.20. The Morgan fingerprint density at radius 2 is 1.94 bits per heavy atom. The predicted octanol–water partition coefficient (Wildman–Crippen LogP) is 5.00. The topological polar surface area (TPSA) is 85.6 Å². The van der Waals surface area contributed by atoms with Crippen molar-refractivity contribution >= 4 is 35.6 Å². The van der Waals surface area contributed by atoms with Crippen molar-refractivity contribution in [3.8, 4) is 5.75 Å². The number of nitrogens with one attached hydrogen (secondary N) is 2. The molecular formula is C24H39IN6O2. The van der Waals surface area contributed by atoms with Gasteiger partial charge in [-0.25, -0.2) is 4.99 Å². The first-order valence-corrected chi connectivity index (χ1v) is 11.9. The van der Waals surface area contributed by atoms with E-state index in [0.717, 1.165) is 43.4 Å². The van der Waals surface area contributed by atoms with Crippen LogP contribution in [0.2, 0.25) is 0 Å². The van der Waals surface area contributed by atoms with Crippen LogP contribution in [-0.4, -0.2) is 46.1 Å². The van der Waals surface area contributed by atoms with Crippen LogP contribution in [-0.2, 0) is 17.8 Å². The van der Waals surface area contributed by atoms with Gasteiger partial charge in [-0.1, -0.05) is 19.3 Å². The van der Waals surface area contributed by atoms with Crippen molar-refractivity contribution in [3.63, 3.8) is 0 Å².